The third kappa shape index (κ3) is 32.9. The van der Waals surface area contributed by atoms with Gasteiger partial charge in [0.15, 0.2) is 0 Å². The Morgan fingerprint density at radius 1 is 0.614 bits per heavy atom. The summed E-state index contributed by atoms with van der Waals surface area (Å²) in [6.45, 7) is 5.26. The van der Waals surface area contributed by atoms with Crippen LogP contribution in [0.4, 0.5) is 0 Å². The molecule has 0 spiro atoms. The van der Waals surface area contributed by atoms with Crippen LogP contribution in [0.15, 0.2) is 0 Å². The molecule has 2 atom stereocenters. The van der Waals surface area contributed by atoms with Crippen molar-refractivity contribution >= 4 is 13.8 Å². The van der Waals surface area contributed by atoms with Crippen molar-refractivity contribution in [2.75, 3.05) is 54.1 Å². The van der Waals surface area contributed by atoms with E-state index in [4.69, 9.17) is 18.5 Å². The molecule has 2 unspecified atom stereocenters. The zero-order valence-corrected chi connectivity index (χ0v) is 30.5. The van der Waals surface area contributed by atoms with Gasteiger partial charge in [0.2, 0.25) is 0 Å². The summed E-state index contributed by atoms with van der Waals surface area (Å²) in [6.07, 6.45) is 27.6. The molecule has 0 saturated carbocycles. The van der Waals surface area contributed by atoms with Crippen molar-refractivity contribution < 1.29 is 37.3 Å². The normalized spacial score (nSPS) is 14.0. The highest BCUT2D eigenvalue weighted by Crippen LogP contribution is 2.38. The van der Waals surface area contributed by atoms with Crippen LogP contribution in [0.25, 0.3) is 0 Å². The lowest BCUT2D eigenvalue weighted by Crippen LogP contribution is -2.37. The molecule has 0 saturated heterocycles. The monoisotopic (exact) mass is 650 g/mol. The van der Waals surface area contributed by atoms with Gasteiger partial charge in [-0.3, -0.25) is 9.36 Å². The van der Waals surface area contributed by atoms with Crippen molar-refractivity contribution in [1.82, 2.24) is 0 Å². The number of hydrogen-bond acceptors (Lipinski definition) is 7. The van der Waals surface area contributed by atoms with Crippen LogP contribution in [0, 0.1) is 0 Å². The van der Waals surface area contributed by atoms with Gasteiger partial charge >= 0.3 is 5.97 Å². The first kappa shape index (κ1) is 43.5. The minimum atomic E-state index is -4.49. The molecular weight excluding hydrogens is 577 g/mol. The Morgan fingerprint density at radius 3 is 1.50 bits per heavy atom. The highest BCUT2D eigenvalue weighted by molar-refractivity contribution is 7.45. The fourth-order valence-corrected chi connectivity index (χ4v) is 5.74. The highest BCUT2D eigenvalue weighted by Gasteiger charge is 2.20. The second kappa shape index (κ2) is 29.9. The van der Waals surface area contributed by atoms with Gasteiger partial charge in [-0.2, -0.15) is 0 Å². The van der Waals surface area contributed by atoms with E-state index >= 15 is 0 Å². The first-order chi connectivity index (χ1) is 21.1. The van der Waals surface area contributed by atoms with E-state index in [0.29, 0.717) is 24.1 Å². The van der Waals surface area contributed by atoms with E-state index in [1.165, 1.54) is 109 Å². The zero-order valence-electron chi connectivity index (χ0n) is 29.6. The fourth-order valence-electron chi connectivity index (χ4n) is 5.02. The molecule has 0 aliphatic rings. The molecule has 0 aromatic heterocycles. The smallest absolute Gasteiger partial charge is 0.306 e. The van der Waals surface area contributed by atoms with E-state index in [9.17, 15) is 14.3 Å². The largest absolute Gasteiger partial charge is 0.756 e. The van der Waals surface area contributed by atoms with Crippen LogP contribution < -0.4 is 4.89 Å². The van der Waals surface area contributed by atoms with Crippen LogP contribution >= 0.6 is 7.82 Å². The van der Waals surface area contributed by atoms with E-state index in [1.807, 2.05) is 21.1 Å². The lowest BCUT2D eigenvalue weighted by Gasteiger charge is -2.28. The van der Waals surface area contributed by atoms with Gasteiger partial charge in [-0.05, 0) is 12.8 Å². The van der Waals surface area contributed by atoms with Crippen molar-refractivity contribution in [1.29, 1.82) is 0 Å². The van der Waals surface area contributed by atoms with Crippen LogP contribution in [0.5, 0.6) is 0 Å². The summed E-state index contributed by atoms with van der Waals surface area (Å²) in [5, 5.41) is 0. The summed E-state index contributed by atoms with van der Waals surface area (Å²) in [7, 11) is 1.36. The van der Waals surface area contributed by atoms with Crippen molar-refractivity contribution in [3.8, 4) is 0 Å². The Labute approximate surface area is 272 Å². The molecule has 0 heterocycles. The van der Waals surface area contributed by atoms with Gasteiger partial charge in [-0.15, -0.1) is 0 Å². The summed E-state index contributed by atoms with van der Waals surface area (Å²) >= 11 is 0. The van der Waals surface area contributed by atoms with Crippen molar-refractivity contribution in [2.45, 2.75) is 168 Å². The molecule has 0 amide bonds. The average Bonchev–Trinajstić information content (AvgIpc) is 2.96. The van der Waals surface area contributed by atoms with Gasteiger partial charge in [-0.25, -0.2) is 0 Å². The number of phosphoric acid groups is 1. The Balaban J connectivity index is 3.91. The van der Waals surface area contributed by atoms with Crippen LogP contribution in [0.2, 0.25) is 0 Å². The molecule has 0 rings (SSSR count). The number of phosphoric ester groups is 1. The molecule has 0 N–H and O–H groups in total. The van der Waals surface area contributed by atoms with Gasteiger partial charge in [0.05, 0.1) is 34.4 Å². The topological polar surface area (TPSA) is 94.1 Å². The Bertz CT molecular complexity index is 686. The molecule has 9 heteroatoms. The van der Waals surface area contributed by atoms with Crippen molar-refractivity contribution in [3.05, 3.63) is 0 Å². The summed E-state index contributed by atoms with van der Waals surface area (Å²) in [4.78, 5) is 24.4. The first-order valence-electron chi connectivity index (χ1n) is 18.3. The minimum absolute atomic E-state index is 0.0294. The van der Waals surface area contributed by atoms with Crippen LogP contribution in [-0.2, 0) is 27.9 Å². The predicted molar refractivity (Wildman–Crippen MR) is 181 cm³/mol. The maximum atomic E-state index is 12.2. The number of carbonyl (C=O) groups is 1. The van der Waals surface area contributed by atoms with Crippen LogP contribution in [0.1, 0.15) is 162 Å². The Kier molecular flexibility index (Phi) is 29.5. The van der Waals surface area contributed by atoms with Crippen LogP contribution in [0.3, 0.4) is 0 Å². The number of rotatable bonds is 34. The van der Waals surface area contributed by atoms with E-state index < -0.39 is 13.9 Å². The molecule has 0 fully saturated rings. The first-order valence-corrected chi connectivity index (χ1v) is 19.7. The van der Waals surface area contributed by atoms with E-state index in [2.05, 4.69) is 13.8 Å². The molecule has 0 aliphatic carbocycles. The fraction of sp³-hybridized carbons (Fsp3) is 0.971. The lowest BCUT2D eigenvalue weighted by atomic mass is 10.0. The summed E-state index contributed by atoms with van der Waals surface area (Å²) in [5.41, 5.74) is 0. The van der Waals surface area contributed by atoms with Crippen molar-refractivity contribution in [2.24, 2.45) is 0 Å². The van der Waals surface area contributed by atoms with Gasteiger partial charge in [0.25, 0.3) is 7.82 Å². The number of unbranched alkanes of at least 4 members (excludes halogenated alkanes) is 20. The quantitative estimate of drug-likeness (QED) is 0.0297. The van der Waals surface area contributed by atoms with Gasteiger partial charge in [0.1, 0.15) is 19.3 Å². The van der Waals surface area contributed by atoms with E-state index in [1.54, 1.807) is 0 Å². The summed E-state index contributed by atoms with van der Waals surface area (Å²) < 4.78 is 34.0. The number of esters is 1. The second-order valence-corrected chi connectivity index (χ2v) is 15.0. The number of quaternary nitrogens is 1. The number of likely N-dealkylation sites (N-methyl/N-ethyl adjacent to an activating group) is 1. The molecule has 264 valence electrons. The Hall–Kier alpha value is -0.500. The third-order valence-corrected chi connectivity index (χ3v) is 8.87. The van der Waals surface area contributed by atoms with Crippen LogP contribution in [-0.4, -0.2) is 70.7 Å². The number of hydrogen-bond donors (Lipinski definition) is 0. The number of carbonyl (C=O) groups excluding carboxylic acids is 1. The summed E-state index contributed by atoms with van der Waals surface area (Å²) in [5.74, 6) is -0.356. The van der Waals surface area contributed by atoms with Gasteiger partial charge in [0, 0.05) is 13.0 Å². The third-order valence-electron chi connectivity index (χ3n) is 7.91. The highest BCUT2D eigenvalue weighted by atomic mass is 31.2. The lowest BCUT2D eigenvalue weighted by molar-refractivity contribution is -0.870. The summed E-state index contributed by atoms with van der Waals surface area (Å²) in [6, 6.07) is 0. The molecule has 44 heavy (non-hydrogen) atoms. The van der Waals surface area contributed by atoms with Crippen molar-refractivity contribution in [3.63, 3.8) is 0 Å². The maximum Gasteiger partial charge on any atom is 0.306 e. The molecule has 0 aliphatic heterocycles. The number of ether oxygens (including phenoxy) is 2. The molecule has 0 aromatic rings. The Morgan fingerprint density at radius 2 is 1.05 bits per heavy atom. The maximum absolute atomic E-state index is 12.2. The second-order valence-electron chi connectivity index (χ2n) is 13.6. The average molecular weight is 650 g/mol. The van der Waals surface area contributed by atoms with E-state index in [-0.39, 0.29) is 25.8 Å². The SMILES string of the molecule is CCCCCCCCCCCCCCCCCCCCCOCC(COP(=O)([O-])OCC[N+](C)(C)C)OC(=O)CCCCC. The number of nitrogens with zero attached hydrogens (tertiary/aromatic N) is 1. The van der Waals surface area contributed by atoms with Gasteiger partial charge in [-0.1, -0.05) is 142 Å². The molecule has 0 radical (unpaired) electrons. The molecular formula is C35H72NO7P. The van der Waals surface area contributed by atoms with Gasteiger partial charge < -0.3 is 27.9 Å². The minimum Gasteiger partial charge on any atom is -0.756 e. The molecule has 0 aromatic carbocycles. The molecule has 8 nitrogen and oxygen atoms in total. The zero-order chi connectivity index (χ0) is 32.8. The standard InChI is InChI=1S/C35H72NO7P/c1-6-8-10-11-12-13-14-15-16-17-18-19-20-21-22-23-24-25-27-30-40-32-34(43-35(37)28-26-9-7-2)33-42-44(38,39)41-31-29-36(3,4)5/h34H,6-33H2,1-5H3. The molecule has 0 bridgehead atoms. The predicted octanol–water partition coefficient (Wildman–Crippen LogP) is 9.13. The van der Waals surface area contributed by atoms with E-state index in [0.717, 1.165) is 32.1 Å².